The maximum Gasteiger partial charge on any atom is 0.246 e. The Morgan fingerprint density at radius 2 is 2.06 bits per heavy atom. The largest absolute Gasteiger partial charge is 0.315 e. The predicted octanol–water partition coefficient (Wildman–Crippen LogP) is 0.808. The van der Waals surface area contributed by atoms with Gasteiger partial charge < -0.3 is 5.32 Å². The van der Waals surface area contributed by atoms with Crippen LogP contribution in [0.5, 0.6) is 0 Å². The lowest BCUT2D eigenvalue weighted by Crippen LogP contribution is -2.39. The third-order valence-electron chi connectivity index (χ3n) is 3.82. The molecule has 2 atom stereocenters. The molecule has 0 aromatic heterocycles. The second-order valence-electron chi connectivity index (χ2n) is 4.82. The van der Waals surface area contributed by atoms with Crippen molar-refractivity contribution in [2.75, 3.05) is 19.6 Å². The molecule has 0 amide bonds. The van der Waals surface area contributed by atoms with Crippen LogP contribution >= 0.6 is 0 Å². The quantitative estimate of drug-likeness (QED) is 0.865. The second kappa shape index (κ2) is 4.29. The Balaban J connectivity index is 1.98. The van der Waals surface area contributed by atoms with Gasteiger partial charge >= 0.3 is 0 Å². The van der Waals surface area contributed by atoms with Crippen molar-refractivity contribution < 1.29 is 12.8 Å². The molecule has 1 aromatic rings. The van der Waals surface area contributed by atoms with Crippen LogP contribution in [0.1, 0.15) is 6.42 Å². The standard InChI is InChI=1S/C12H15FN2O2S/c13-10-3-1-2-4-12(10)18(16,17)15-6-5-9-7-14-8-11(9)15/h1-4,9,11,14H,5-8H2/t9-,11+/m1/s1. The van der Waals surface area contributed by atoms with E-state index in [-0.39, 0.29) is 10.9 Å². The minimum Gasteiger partial charge on any atom is -0.315 e. The zero-order chi connectivity index (χ0) is 12.8. The van der Waals surface area contributed by atoms with Crippen LogP contribution in [-0.2, 0) is 10.0 Å². The molecule has 0 radical (unpaired) electrons. The first kappa shape index (κ1) is 12.1. The van der Waals surface area contributed by atoms with E-state index in [0.29, 0.717) is 19.0 Å². The van der Waals surface area contributed by atoms with E-state index >= 15 is 0 Å². The first-order chi connectivity index (χ1) is 8.60. The van der Waals surface area contributed by atoms with E-state index in [0.717, 1.165) is 13.0 Å². The summed E-state index contributed by atoms with van der Waals surface area (Å²) in [5, 5.41) is 3.19. The van der Waals surface area contributed by atoms with Gasteiger partial charge in [-0.05, 0) is 31.0 Å². The highest BCUT2D eigenvalue weighted by Gasteiger charge is 2.44. The molecule has 0 bridgehead atoms. The molecule has 0 saturated carbocycles. The van der Waals surface area contributed by atoms with Gasteiger partial charge in [0.1, 0.15) is 10.7 Å². The Morgan fingerprint density at radius 1 is 1.28 bits per heavy atom. The van der Waals surface area contributed by atoms with E-state index in [1.54, 1.807) is 6.07 Å². The smallest absolute Gasteiger partial charge is 0.246 e. The minimum atomic E-state index is -3.71. The first-order valence-corrected chi connectivity index (χ1v) is 7.52. The van der Waals surface area contributed by atoms with Crippen LogP contribution in [0.4, 0.5) is 4.39 Å². The maximum atomic E-state index is 13.7. The lowest BCUT2D eigenvalue weighted by Gasteiger charge is -2.22. The number of benzene rings is 1. The van der Waals surface area contributed by atoms with Crippen LogP contribution < -0.4 is 5.32 Å². The molecule has 4 nitrogen and oxygen atoms in total. The monoisotopic (exact) mass is 270 g/mol. The zero-order valence-corrected chi connectivity index (χ0v) is 10.7. The van der Waals surface area contributed by atoms with E-state index in [9.17, 15) is 12.8 Å². The molecule has 6 heteroatoms. The van der Waals surface area contributed by atoms with Crippen molar-refractivity contribution in [2.24, 2.45) is 5.92 Å². The van der Waals surface area contributed by atoms with E-state index in [4.69, 9.17) is 0 Å². The summed E-state index contributed by atoms with van der Waals surface area (Å²) >= 11 is 0. The van der Waals surface area contributed by atoms with Crippen molar-refractivity contribution in [1.82, 2.24) is 9.62 Å². The molecule has 3 rings (SSSR count). The molecule has 0 spiro atoms. The highest BCUT2D eigenvalue weighted by Crippen LogP contribution is 2.32. The van der Waals surface area contributed by atoms with Gasteiger partial charge in [0.25, 0.3) is 0 Å². The fourth-order valence-corrected chi connectivity index (χ4v) is 4.65. The third kappa shape index (κ3) is 1.75. The van der Waals surface area contributed by atoms with Gasteiger partial charge in [-0.3, -0.25) is 0 Å². The Kier molecular flexibility index (Phi) is 2.88. The summed E-state index contributed by atoms with van der Waals surface area (Å²) in [7, 11) is -3.71. The summed E-state index contributed by atoms with van der Waals surface area (Å²) in [5.74, 6) is -0.307. The fourth-order valence-electron chi connectivity index (χ4n) is 2.89. The van der Waals surface area contributed by atoms with Gasteiger partial charge in [0, 0.05) is 19.1 Å². The Hall–Kier alpha value is -0.980. The van der Waals surface area contributed by atoms with Crippen molar-refractivity contribution in [1.29, 1.82) is 0 Å². The number of rotatable bonds is 2. The molecular weight excluding hydrogens is 255 g/mol. The van der Waals surface area contributed by atoms with Crippen LogP contribution in [0, 0.1) is 11.7 Å². The molecule has 18 heavy (non-hydrogen) atoms. The van der Waals surface area contributed by atoms with Crippen molar-refractivity contribution in [3.63, 3.8) is 0 Å². The fraction of sp³-hybridized carbons (Fsp3) is 0.500. The van der Waals surface area contributed by atoms with Gasteiger partial charge in [-0.2, -0.15) is 4.31 Å². The van der Waals surface area contributed by atoms with Gasteiger partial charge in [-0.15, -0.1) is 0 Å². The van der Waals surface area contributed by atoms with Gasteiger partial charge in [-0.1, -0.05) is 12.1 Å². The van der Waals surface area contributed by atoms with E-state index < -0.39 is 15.8 Å². The molecule has 1 N–H and O–H groups in total. The van der Waals surface area contributed by atoms with Crippen LogP contribution in [0.2, 0.25) is 0 Å². The summed E-state index contributed by atoms with van der Waals surface area (Å²) in [6.07, 6.45) is 0.853. The lowest BCUT2D eigenvalue weighted by atomic mass is 10.1. The Morgan fingerprint density at radius 3 is 2.83 bits per heavy atom. The summed E-state index contributed by atoms with van der Waals surface area (Å²) in [6.45, 7) is 2.01. The van der Waals surface area contributed by atoms with E-state index in [1.807, 2.05) is 0 Å². The Labute approximate surface area is 106 Å². The van der Waals surface area contributed by atoms with Crippen molar-refractivity contribution in [2.45, 2.75) is 17.4 Å². The number of hydrogen-bond acceptors (Lipinski definition) is 3. The number of hydrogen-bond donors (Lipinski definition) is 1. The summed E-state index contributed by atoms with van der Waals surface area (Å²) in [6, 6.07) is 5.55. The average molecular weight is 270 g/mol. The third-order valence-corrected chi connectivity index (χ3v) is 5.78. The highest BCUT2D eigenvalue weighted by molar-refractivity contribution is 7.89. The summed E-state index contributed by atoms with van der Waals surface area (Å²) in [5.41, 5.74) is 0. The second-order valence-corrected chi connectivity index (χ2v) is 6.68. The lowest BCUT2D eigenvalue weighted by molar-refractivity contribution is 0.380. The van der Waals surface area contributed by atoms with E-state index in [2.05, 4.69) is 5.32 Å². The molecule has 0 aliphatic carbocycles. The van der Waals surface area contributed by atoms with Crippen molar-refractivity contribution >= 4 is 10.0 Å². The van der Waals surface area contributed by atoms with Crippen LogP contribution in [0.25, 0.3) is 0 Å². The number of fused-ring (bicyclic) bond motifs is 1. The molecule has 2 heterocycles. The van der Waals surface area contributed by atoms with Gasteiger partial charge in [0.15, 0.2) is 0 Å². The number of halogens is 1. The topological polar surface area (TPSA) is 49.4 Å². The molecule has 2 fully saturated rings. The Bertz CT molecular complexity index is 561. The molecule has 2 saturated heterocycles. The van der Waals surface area contributed by atoms with Gasteiger partial charge in [-0.25, -0.2) is 12.8 Å². The minimum absolute atomic E-state index is 0.0189. The van der Waals surface area contributed by atoms with Crippen LogP contribution in [0.3, 0.4) is 0 Å². The van der Waals surface area contributed by atoms with Crippen LogP contribution in [-0.4, -0.2) is 38.4 Å². The molecule has 2 aliphatic rings. The van der Waals surface area contributed by atoms with Crippen molar-refractivity contribution in [3.8, 4) is 0 Å². The highest BCUT2D eigenvalue weighted by atomic mass is 32.2. The number of nitrogens with one attached hydrogen (secondary N) is 1. The molecular formula is C12H15FN2O2S. The number of sulfonamides is 1. The number of nitrogens with zero attached hydrogens (tertiary/aromatic N) is 1. The summed E-state index contributed by atoms with van der Waals surface area (Å²) in [4.78, 5) is -0.211. The molecule has 0 unspecified atom stereocenters. The predicted molar refractivity (Wildman–Crippen MR) is 65.1 cm³/mol. The first-order valence-electron chi connectivity index (χ1n) is 6.08. The van der Waals surface area contributed by atoms with Crippen molar-refractivity contribution in [3.05, 3.63) is 30.1 Å². The molecule has 2 aliphatic heterocycles. The van der Waals surface area contributed by atoms with E-state index in [1.165, 1.54) is 22.5 Å². The van der Waals surface area contributed by atoms with Gasteiger partial charge in [0.2, 0.25) is 10.0 Å². The zero-order valence-electron chi connectivity index (χ0n) is 9.84. The SMILES string of the molecule is O=S(=O)(c1ccccc1F)N1CC[C@@H]2CNC[C@@H]21. The summed E-state index contributed by atoms with van der Waals surface area (Å²) < 4.78 is 40.0. The van der Waals surface area contributed by atoms with Crippen LogP contribution in [0.15, 0.2) is 29.2 Å². The normalized spacial score (nSPS) is 28.5. The molecule has 1 aromatic carbocycles. The average Bonchev–Trinajstić information content (AvgIpc) is 2.90. The maximum absolute atomic E-state index is 13.7. The van der Waals surface area contributed by atoms with Gasteiger partial charge in [0.05, 0.1) is 0 Å². The molecule has 98 valence electrons.